The second-order valence-corrected chi connectivity index (χ2v) is 9.31. The van der Waals surface area contributed by atoms with Crippen molar-refractivity contribution >= 4 is 27.8 Å². The molecule has 3 N–H and O–H groups in total. The summed E-state index contributed by atoms with van der Waals surface area (Å²) in [5.74, 6) is 0.285. The molecular formula is C27H26FN9. The highest BCUT2D eigenvalue weighted by Gasteiger charge is 2.17. The number of anilines is 1. The van der Waals surface area contributed by atoms with E-state index >= 15 is 0 Å². The van der Waals surface area contributed by atoms with Gasteiger partial charge in [-0.05, 0) is 56.1 Å². The van der Waals surface area contributed by atoms with Crippen LogP contribution in [0.5, 0.6) is 0 Å². The zero-order valence-electron chi connectivity index (χ0n) is 20.7. The zero-order valence-corrected chi connectivity index (χ0v) is 20.7. The number of aromatic nitrogens is 7. The van der Waals surface area contributed by atoms with Crippen LogP contribution in [0.2, 0.25) is 0 Å². The van der Waals surface area contributed by atoms with E-state index in [1.807, 2.05) is 63.7 Å². The maximum Gasteiger partial charge on any atom is 0.161 e. The van der Waals surface area contributed by atoms with Crippen LogP contribution in [0.1, 0.15) is 0 Å². The second kappa shape index (κ2) is 9.14. The average molecular weight is 496 g/mol. The van der Waals surface area contributed by atoms with Crippen molar-refractivity contribution in [1.82, 2.24) is 39.8 Å². The van der Waals surface area contributed by atoms with Crippen LogP contribution in [0.3, 0.4) is 0 Å². The van der Waals surface area contributed by atoms with Gasteiger partial charge in [-0.15, -0.1) is 0 Å². The summed E-state index contributed by atoms with van der Waals surface area (Å²) in [6.45, 7) is 1.56. The molecule has 4 aromatic heterocycles. The summed E-state index contributed by atoms with van der Waals surface area (Å²) in [6.07, 6.45) is 3.70. The van der Waals surface area contributed by atoms with Crippen LogP contribution in [-0.4, -0.2) is 67.0 Å². The quantitative estimate of drug-likeness (QED) is 0.297. The normalized spacial score (nSPS) is 11.7. The number of nitrogens with one attached hydrogen (secondary N) is 3. The molecule has 0 amide bonds. The zero-order chi connectivity index (χ0) is 25.5. The van der Waals surface area contributed by atoms with Crippen LogP contribution in [0.4, 0.5) is 10.1 Å². The molecule has 0 saturated heterocycles. The molecule has 6 aromatic rings. The molecule has 0 aliphatic carbocycles. The topological polar surface area (TPSA) is 103 Å². The number of fused-ring (bicyclic) bond motifs is 2. The van der Waals surface area contributed by atoms with Crippen molar-refractivity contribution in [2.45, 2.75) is 0 Å². The number of aryl methyl sites for hydroxylation is 1. The second-order valence-electron chi connectivity index (χ2n) is 9.31. The Morgan fingerprint density at radius 2 is 1.89 bits per heavy atom. The van der Waals surface area contributed by atoms with Gasteiger partial charge in [-0.2, -0.15) is 10.2 Å². The number of halogens is 1. The lowest BCUT2D eigenvalue weighted by atomic mass is 10.0. The summed E-state index contributed by atoms with van der Waals surface area (Å²) < 4.78 is 16.3. The van der Waals surface area contributed by atoms with Gasteiger partial charge in [0.15, 0.2) is 11.5 Å². The number of imidazole rings is 1. The number of rotatable bonds is 7. The largest absolute Gasteiger partial charge is 0.384 e. The third kappa shape index (κ3) is 4.43. The van der Waals surface area contributed by atoms with E-state index in [4.69, 9.17) is 9.97 Å². The number of nitrogens with zero attached hydrogens (tertiary/aromatic N) is 6. The first-order chi connectivity index (χ1) is 17.9. The number of pyridine rings is 1. The highest BCUT2D eigenvalue weighted by molar-refractivity contribution is 5.96. The Morgan fingerprint density at radius 1 is 1.00 bits per heavy atom. The van der Waals surface area contributed by atoms with Crippen LogP contribution in [0, 0.1) is 5.82 Å². The number of benzene rings is 2. The minimum Gasteiger partial charge on any atom is -0.384 e. The van der Waals surface area contributed by atoms with Gasteiger partial charge >= 0.3 is 0 Å². The molecule has 0 radical (unpaired) electrons. The molecule has 0 aliphatic heterocycles. The van der Waals surface area contributed by atoms with Crippen molar-refractivity contribution in [3.63, 3.8) is 0 Å². The lowest BCUT2D eigenvalue weighted by Crippen LogP contribution is -2.20. The Kier molecular flexibility index (Phi) is 5.65. The van der Waals surface area contributed by atoms with Crippen LogP contribution in [-0.2, 0) is 7.05 Å². The molecule has 6 rings (SSSR count). The molecule has 0 spiro atoms. The molecule has 0 fully saturated rings. The van der Waals surface area contributed by atoms with Crippen molar-refractivity contribution in [3.05, 3.63) is 66.7 Å². The number of H-pyrrole nitrogens is 2. The standard InChI is InChI=1S/C27H26FN9/c1-36(2)10-9-29-19-12-16(11-18(28)13-19)20-5-4-6-22-24(20)33-27(32-22)26-25-23(34-35-26)8-7-21(31-25)17-14-30-37(3)15-17/h4-8,11-15,29H,9-10H2,1-3H3,(H,32,33)(H,34,35). The molecular weight excluding hydrogens is 469 g/mol. The van der Waals surface area contributed by atoms with Gasteiger partial charge in [0, 0.05) is 43.1 Å². The van der Waals surface area contributed by atoms with Crippen LogP contribution >= 0.6 is 0 Å². The van der Waals surface area contributed by atoms with Gasteiger partial charge in [0.05, 0.1) is 28.4 Å². The Bertz CT molecular complexity index is 1730. The van der Waals surface area contributed by atoms with E-state index in [0.29, 0.717) is 23.6 Å². The third-order valence-electron chi connectivity index (χ3n) is 6.24. The SMILES string of the molecule is CN(C)CCNc1cc(F)cc(-c2cccc3[nH]c(-c4n[nH]c5ccc(-c6cnn(C)c6)nc45)nc23)c1. The minimum absolute atomic E-state index is 0.303. The van der Waals surface area contributed by atoms with Gasteiger partial charge in [0.25, 0.3) is 0 Å². The molecule has 4 heterocycles. The Balaban J connectivity index is 1.40. The smallest absolute Gasteiger partial charge is 0.161 e. The summed E-state index contributed by atoms with van der Waals surface area (Å²) in [5, 5.41) is 15.1. The van der Waals surface area contributed by atoms with E-state index in [1.54, 1.807) is 10.9 Å². The molecule has 0 bridgehead atoms. The fourth-order valence-electron chi connectivity index (χ4n) is 4.43. The maximum atomic E-state index is 14.6. The van der Waals surface area contributed by atoms with Gasteiger partial charge in [0.1, 0.15) is 11.3 Å². The Labute approximate surface area is 212 Å². The van der Waals surface area contributed by atoms with Crippen molar-refractivity contribution in [3.8, 4) is 33.9 Å². The van der Waals surface area contributed by atoms with Crippen molar-refractivity contribution in [2.75, 3.05) is 32.5 Å². The number of para-hydroxylation sites is 1. The van der Waals surface area contributed by atoms with E-state index in [2.05, 4.69) is 30.5 Å². The van der Waals surface area contributed by atoms with Crippen molar-refractivity contribution < 1.29 is 4.39 Å². The number of likely N-dealkylation sites (N-methyl/N-ethyl adjacent to an activating group) is 1. The molecule has 37 heavy (non-hydrogen) atoms. The number of hydrogen-bond donors (Lipinski definition) is 3. The summed E-state index contributed by atoms with van der Waals surface area (Å²) in [5.41, 5.74) is 7.74. The van der Waals surface area contributed by atoms with Crippen molar-refractivity contribution in [1.29, 1.82) is 0 Å². The predicted molar refractivity (Wildman–Crippen MR) is 144 cm³/mol. The molecule has 2 aromatic carbocycles. The van der Waals surface area contributed by atoms with Gasteiger partial charge < -0.3 is 15.2 Å². The first kappa shape index (κ1) is 22.9. The van der Waals surface area contributed by atoms with Crippen LogP contribution in [0.25, 0.3) is 56.0 Å². The average Bonchev–Trinajstić information content (AvgIpc) is 3.60. The molecule has 9 nitrogen and oxygen atoms in total. The first-order valence-electron chi connectivity index (χ1n) is 12.0. The molecule has 0 atom stereocenters. The monoisotopic (exact) mass is 495 g/mol. The highest BCUT2D eigenvalue weighted by atomic mass is 19.1. The Hall–Kier alpha value is -4.57. The lowest BCUT2D eigenvalue weighted by Gasteiger charge is -2.13. The van der Waals surface area contributed by atoms with E-state index in [-0.39, 0.29) is 5.82 Å². The van der Waals surface area contributed by atoms with E-state index in [1.165, 1.54) is 12.1 Å². The van der Waals surface area contributed by atoms with Gasteiger partial charge in [0.2, 0.25) is 0 Å². The maximum absolute atomic E-state index is 14.6. The summed E-state index contributed by atoms with van der Waals surface area (Å²) in [7, 11) is 5.89. The Morgan fingerprint density at radius 3 is 2.70 bits per heavy atom. The fraction of sp³-hybridized carbons (Fsp3) is 0.185. The first-order valence-corrected chi connectivity index (χ1v) is 12.0. The minimum atomic E-state index is -0.303. The predicted octanol–water partition coefficient (Wildman–Crippen LogP) is 4.68. The molecule has 0 saturated carbocycles. The number of aromatic amines is 2. The van der Waals surface area contributed by atoms with Crippen LogP contribution in [0.15, 0.2) is 60.9 Å². The fourth-order valence-corrected chi connectivity index (χ4v) is 4.43. The van der Waals surface area contributed by atoms with E-state index < -0.39 is 0 Å². The van der Waals surface area contributed by atoms with E-state index in [0.717, 1.165) is 51.2 Å². The molecule has 10 heteroatoms. The summed E-state index contributed by atoms with van der Waals surface area (Å²) in [4.78, 5) is 15.2. The van der Waals surface area contributed by atoms with Gasteiger partial charge in [-0.1, -0.05) is 12.1 Å². The summed E-state index contributed by atoms with van der Waals surface area (Å²) in [6, 6.07) is 14.7. The summed E-state index contributed by atoms with van der Waals surface area (Å²) >= 11 is 0. The van der Waals surface area contributed by atoms with Crippen LogP contribution < -0.4 is 5.32 Å². The van der Waals surface area contributed by atoms with E-state index in [9.17, 15) is 4.39 Å². The lowest BCUT2D eigenvalue weighted by molar-refractivity contribution is 0.425. The molecule has 0 unspecified atom stereocenters. The number of hydrogen-bond acceptors (Lipinski definition) is 6. The molecule has 0 aliphatic rings. The third-order valence-corrected chi connectivity index (χ3v) is 6.24. The van der Waals surface area contributed by atoms with Gasteiger partial charge in [-0.25, -0.2) is 14.4 Å². The highest BCUT2D eigenvalue weighted by Crippen LogP contribution is 2.33. The molecule has 186 valence electrons. The van der Waals surface area contributed by atoms with Gasteiger partial charge in [-0.3, -0.25) is 9.78 Å². The van der Waals surface area contributed by atoms with Crippen molar-refractivity contribution in [2.24, 2.45) is 7.05 Å².